The van der Waals surface area contributed by atoms with Crippen molar-refractivity contribution < 1.29 is 9.53 Å². The highest BCUT2D eigenvalue weighted by molar-refractivity contribution is 5.88. The topological polar surface area (TPSA) is 52.3 Å². The van der Waals surface area contributed by atoms with Crippen LogP contribution in [0, 0.1) is 0 Å². The first-order valence-electron chi connectivity index (χ1n) is 5.68. The Labute approximate surface area is 92.7 Å². The monoisotopic (exact) mass is 213 g/mol. The number of methoxy groups -OCH3 is 1. The van der Waals surface area contributed by atoms with E-state index in [1.165, 1.54) is 20.0 Å². The third-order valence-corrected chi connectivity index (χ3v) is 2.36. The highest BCUT2D eigenvalue weighted by atomic mass is 16.5. The number of ether oxygens (including phenoxy) is 1. The fraction of sp³-hybridized carbons (Fsp3) is 0.750. The number of unbranched alkanes of at least 4 members (excludes halogenated alkanes) is 1. The van der Waals surface area contributed by atoms with E-state index in [4.69, 9.17) is 5.73 Å². The largest absolute Gasteiger partial charge is 0.466 e. The van der Waals surface area contributed by atoms with Gasteiger partial charge in [0.15, 0.2) is 0 Å². The highest BCUT2D eigenvalue weighted by Crippen LogP contribution is 2.17. The summed E-state index contributed by atoms with van der Waals surface area (Å²) in [5.74, 6) is -0.236. The molecule has 1 atom stereocenters. The molecule has 0 radical (unpaired) electrons. The summed E-state index contributed by atoms with van der Waals surface area (Å²) >= 11 is 0. The Hall–Kier alpha value is -0.830. The standard InChI is InChI=1S/C8H13NO2.C4H10/c1-11-8(10)6-3-2-4-7(9)5-6;1-3-4-2/h3,7H,2,4-5,9H2,1H3;3-4H2,1-2H3/t7-;/m0./s1. The first-order valence-corrected chi connectivity index (χ1v) is 5.68. The normalized spacial score (nSPS) is 19.7. The lowest BCUT2D eigenvalue weighted by molar-refractivity contribution is -0.136. The predicted molar refractivity (Wildman–Crippen MR) is 62.5 cm³/mol. The maximum Gasteiger partial charge on any atom is 0.333 e. The van der Waals surface area contributed by atoms with Crippen LogP contribution in [-0.2, 0) is 9.53 Å². The van der Waals surface area contributed by atoms with Crippen LogP contribution in [0.2, 0.25) is 0 Å². The van der Waals surface area contributed by atoms with Crippen LogP contribution in [-0.4, -0.2) is 19.1 Å². The maximum atomic E-state index is 11.0. The zero-order valence-corrected chi connectivity index (χ0v) is 10.1. The molecule has 0 aromatic rings. The van der Waals surface area contributed by atoms with Crippen molar-refractivity contribution in [3.63, 3.8) is 0 Å². The van der Waals surface area contributed by atoms with Gasteiger partial charge < -0.3 is 10.5 Å². The minimum Gasteiger partial charge on any atom is -0.466 e. The summed E-state index contributed by atoms with van der Waals surface area (Å²) in [7, 11) is 1.39. The van der Waals surface area contributed by atoms with Crippen LogP contribution in [0.1, 0.15) is 46.0 Å². The average Bonchev–Trinajstić information content (AvgIpc) is 2.28. The van der Waals surface area contributed by atoms with Crippen molar-refractivity contribution in [1.29, 1.82) is 0 Å². The van der Waals surface area contributed by atoms with Crippen molar-refractivity contribution in [2.75, 3.05) is 7.11 Å². The van der Waals surface area contributed by atoms with E-state index >= 15 is 0 Å². The van der Waals surface area contributed by atoms with E-state index in [2.05, 4.69) is 18.6 Å². The van der Waals surface area contributed by atoms with Gasteiger partial charge in [-0.25, -0.2) is 4.79 Å². The summed E-state index contributed by atoms with van der Waals surface area (Å²) in [6.45, 7) is 4.36. The van der Waals surface area contributed by atoms with Gasteiger partial charge >= 0.3 is 5.97 Å². The SMILES string of the molecule is CCCC.COC(=O)C1=CCC[C@H](N)C1. The number of rotatable bonds is 2. The Morgan fingerprint density at radius 3 is 2.53 bits per heavy atom. The summed E-state index contributed by atoms with van der Waals surface area (Å²) in [5.41, 5.74) is 6.40. The summed E-state index contributed by atoms with van der Waals surface area (Å²) in [5, 5.41) is 0. The molecule has 3 heteroatoms. The Morgan fingerprint density at radius 2 is 2.13 bits per heavy atom. The van der Waals surface area contributed by atoms with Gasteiger partial charge in [0.1, 0.15) is 0 Å². The molecule has 15 heavy (non-hydrogen) atoms. The van der Waals surface area contributed by atoms with Crippen LogP contribution in [0.5, 0.6) is 0 Å². The summed E-state index contributed by atoms with van der Waals surface area (Å²) in [4.78, 5) is 11.0. The molecule has 0 saturated heterocycles. The smallest absolute Gasteiger partial charge is 0.333 e. The van der Waals surface area contributed by atoms with Crippen molar-refractivity contribution in [3.05, 3.63) is 11.6 Å². The minimum atomic E-state index is -0.236. The van der Waals surface area contributed by atoms with Crippen LogP contribution in [0.3, 0.4) is 0 Å². The second-order valence-corrected chi connectivity index (χ2v) is 3.76. The Morgan fingerprint density at radius 1 is 1.53 bits per heavy atom. The van der Waals surface area contributed by atoms with E-state index in [9.17, 15) is 4.79 Å². The van der Waals surface area contributed by atoms with Gasteiger partial charge in [0.2, 0.25) is 0 Å². The van der Waals surface area contributed by atoms with E-state index in [0.29, 0.717) is 6.42 Å². The van der Waals surface area contributed by atoms with Crippen molar-refractivity contribution in [2.45, 2.75) is 52.0 Å². The molecule has 0 spiro atoms. The number of allylic oxidation sites excluding steroid dienone is 1. The van der Waals surface area contributed by atoms with Gasteiger partial charge in [0.05, 0.1) is 7.11 Å². The summed E-state index contributed by atoms with van der Waals surface area (Å²) in [6, 6.07) is 0.133. The zero-order valence-electron chi connectivity index (χ0n) is 10.1. The number of nitrogens with two attached hydrogens (primary N) is 1. The average molecular weight is 213 g/mol. The number of esters is 1. The predicted octanol–water partition coefficient (Wildman–Crippen LogP) is 2.40. The third-order valence-electron chi connectivity index (χ3n) is 2.36. The van der Waals surface area contributed by atoms with Gasteiger partial charge in [-0.1, -0.05) is 32.8 Å². The second kappa shape index (κ2) is 8.48. The number of hydrogen-bond acceptors (Lipinski definition) is 3. The highest BCUT2D eigenvalue weighted by Gasteiger charge is 2.17. The molecule has 2 N–H and O–H groups in total. The zero-order chi connectivity index (χ0) is 11.7. The quantitative estimate of drug-likeness (QED) is 0.717. The number of carbonyl (C=O) groups is 1. The lowest BCUT2D eigenvalue weighted by atomic mass is 9.96. The van der Waals surface area contributed by atoms with Gasteiger partial charge in [0.25, 0.3) is 0 Å². The third kappa shape index (κ3) is 6.28. The Kier molecular flexibility index (Phi) is 8.01. The van der Waals surface area contributed by atoms with Gasteiger partial charge in [-0.2, -0.15) is 0 Å². The van der Waals surface area contributed by atoms with Crippen molar-refractivity contribution in [2.24, 2.45) is 5.73 Å². The lowest BCUT2D eigenvalue weighted by Crippen LogP contribution is -2.25. The maximum absolute atomic E-state index is 11.0. The fourth-order valence-electron chi connectivity index (χ4n) is 1.24. The van der Waals surface area contributed by atoms with Crippen LogP contribution < -0.4 is 5.73 Å². The molecule has 1 aliphatic carbocycles. The lowest BCUT2D eigenvalue weighted by Gasteiger charge is -2.16. The molecule has 1 rings (SSSR count). The molecule has 0 heterocycles. The van der Waals surface area contributed by atoms with E-state index in [0.717, 1.165) is 18.4 Å². The first-order chi connectivity index (χ1) is 7.15. The molecule has 88 valence electrons. The van der Waals surface area contributed by atoms with E-state index in [1.807, 2.05) is 6.08 Å². The Bertz CT molecular complexity index is 210. The van der Waals surface area contributed by atoms with Crippen molar-refractivity contribution >= 4 is 5.97 Å². The minimum absolute atomic E-state index is 0.133. The fourth-order valence-corrected chi connectivity index (χ4v) is 1.24. The van der Waals surface area contributed by atoms with Gasteiger partial charge in [0, 0.05) is 11.6 Å². The van der Waals surface area contributed by atoms with Gasteiger partial charge in [-0.15, -0.1) is 0 Å². The second-order valence-electron chi connectivity index (χ2n) is 3.76. The molecule has 0 unspecified atom stereocenters. The number of carbonyl (C=O) groups excluding carboxylic acids is 1. The first kappa shape index (κ1) is 14.2. The molecular weight excluding hydrogens is 190 g/mol. The molecule has 1 aliphatic rings. The van der Waals surface area contributed by atoms with Crippen LogP contribution in [0.4, 0.5) is 0 Å². The van der Waals surface area contributed by atoms with Gasteiger partial charge in [-0.3, -0.25) is 0 Å². The van der Waals surface area contributed by atoms with Gasteiger partial charge in [-0.05, 0) is 19.3 Å². The molecule has 0 aromatic heterocycles. The van der Waals surface area contributed by atoms with Crippen LogP contribution in [0.25, 0.3) is 0 Å². The van der Waals surface area contributed by atoms with Crippen molar-refractivity contribution in [1.82, 2.24) is 0 Å². The summed E-state index contributed by atoms with van der Waals surface area (Å²) < 4.78 is 4.58. The Balaban J connectivity index is 0.000000423. The molecule has 0 aromatic carbocycles. The molecule has 0 aliphatic heterocycles. The molecule has 0 bridgehead atoms. The molecule has 0 amide bonds. The number of hydrogen-bond donors (Lipinski definition) is 1. The van der Waals surface area contributed by atoms with Crippen molar-refractivity contribution in [3.8, 4) is 0 Å². The van der Waals surface area contributed by atoms with E-state index < -0.39 is 0 Å². The van der Waals surface area contributed by atoms with Crippen LogP contribution in [0.15, 0.2) is 11.6 Å². The summed E-state index contributed by atoms with van der Waals surface area (Å²) in [6.07, 6.45) is 7.08. The van der Waals surface area contributed by atoms with E-state index in [1.54, 1.807) is 0 Å². The van der Waals surface area contributed by atoms with E-state index in [-0.39, 0.29) is 12.0 Å². The van der Waals surface area contributed by atoms with Crippen LogP contribution >= 0.6 is 0 Å². The molecule has 0 saturated carbocycles. The molecule has 3 nitrogen and oxygen atoms in total. The molecule has 0 fully saturated rings. The molecular formula is C12H23NO2.